The largest absolute Gasteiger partial charge is 0.508 e. The number of rotatable bonds is 11. The zero-order valence-electron chi connectivity index (χ0n) is 34.7. The summed E-state index contributed by atoms with van der Waals surface area (Å²) in [4.78, 5) is 37.5. The molecule has 5 aromatic carbocycles. The van der Waals surface area contributed by atoms with Gasteiger partial charge >= 0.3 is 11.9 Å². The molecule has 5 rings (SSSR count). The predicted molar refractivity (Wildman–Crippen MR) is 239 cm³/mol. The van der Waals surface area contributed by atoms with E-state index in [0.717, 1.165) is 16.7 Å². The number of ether oxygens (including phenoxy) is 2. The maximum absolute atomic E-state index is 12.3. The topological polar surface area (TPSA) is 113 Å². The monoisotopic (exact) mass is 872 g/mol. The lowest BCUT2D eigenvalue weighted by Gasteiger charge is -2.13. The highest BCUT2D eigenvalue weighted by molar-refractivity contribution is 6.67. The number of hydrogen-bond acceptors (Lipinski definition) is 8. The van der Waals surface area contributed by atoms with Crippen LogP contribution in [0.1, 0.15) is 94.9 Å². The number of hydrogen-bond donors (Lipinski definition) is 2. The van der Waals surface area contributed by atoms with Crippen LogP contribution in [0, 0.1) is 13.8 Å². The van der Waals surface area contributed by atoms with Gasteiger partial charge in [-0.05, 0) is 146 Å². The van der Waals surface area contributed by atoms with Crippen molar-refractivity contribution in [2.24, 2.45) is 0 Å². The van der Waals surface area contributed by atoms with Crippen LogP contribution in [-0.4, -0.2) is 51.9 Å². The Balaban J connectivity index is 0.000000470. The number of phenolic OH excluding ortho intramolecular Hbond substituents is 2. The first-order chi connectivity index (χ1) is 28.2. The molecule has 58 heavy (non-hydrogen) atoms. The lowest BCUT2D eigenvalue weighted by atomic mass is 10.1. The Hall–Kier alpha value is -4.57. The summed E-state index contributed by atoms with van der Waals surface area (Å²) in [5.74, 6) is 1.42. The summed E-state index contributed by atoms with van der Waals surface area (Å²) in [6, 6.07) is 29.9. The second-order valence-corrected chi connectivity index (χ2v) is 13.2. The van der Waals surface area contributed by atoms with Crippen molar-refractivity contribution in [2.75, 3.05) is 19.6 Å². The van der Waals surface area contributed by atoms with E-state index in [4.69, 9.17) is 67.5 Å². The quantitative estimate of drug-likeness (QED) is 0.0443. The van der Waals surface area contributed by atoms with E-state index in [9.17, 15) is 14.4 Å². The van der Waals surface area contributed by atoms with Gasteiger partial charge in [-0.1, -0.05) is 71.0 Å². The van der Waals surface area contributed by atoms with Crippen LogP contribution < -0.4 is 9.47 Å². The minimum Gasteiger partial charge on any atom is -0.508 e. The number of aromatic hydroxyl groups is 2. The summed E-state index contributed by atoms with van der Waals surface area (Å²) in [6.07, 6.45) is 0. The minimum atomic E-state index is -0.477. The van der Waals surface area contributed by atoms with Crippen molar-refractivity contribution >= 4 is 63.6 Å². The van der Waals surface area contributed by atoms with Crippen molar-refractivity contribution in [3.8, 4) is 23.0 Å². The summed E-state index contributed by atoms with van der Waals surface area (Å²) in [5.41, 5.74) is 5.52. The van der Waals surface area contributed by atoms with Gasteiger partial charge in [-0.2, -0.15) is 0 Å². The van der Waals surface area contributed by atoms with Crippen molar-refractivity contribution in [3.63, 3.8) is 0 Å². The molecule has 0 aromatic heterocycles. The second kappa shape index (κ2) is 28.8. The van der Waals surface area contributed by atoms with Crippen molar-refractivity contribution in [1.82, 2.24) is 4.90 Å². The zero-order chi connectivity index (χ0) is 44.3. The number of alkyl halides is 3. The number of halogens is 4. The van der Waals surface area contributed by atoms with E-state index < -0.39 is 17.2 Å². The average Bonchev–Trinajstić information content (AvgIpc) is 3.25. The molecule has 0 amide bonds. The van der Waals surface area contributed by atoms with Crippen LogP contribution in [-0.2, 0) is 17.6 Å². The number of aryl methyl sites for hydroxylation is 2. The smallest absolute Gasteiger partial charge is 0.343 e. The first kappa shape index (κ1) is 49.6. The molecule has 0 bridgehead atoms. The van der Waals surface area contributed by atoms with Crippen LogP contribution in [0.2, 0.25) is 0 Å². The fourth-order valence-electron chi connectivity index (χ4n) is 4.62. The molecule has 0 aliphatic heterocycles. The first-order valence-corrected chi connectivity index (χ1v) is 20.4. The number of carbonyl (C=O) groups is 3. The first-order valence-electron chi connectivity index (χ1n) is 19.1. The zero-order valence-corrected chi connectivity index (χ0v) is 36.8. The van der Waals surface area contributed by atoms with E-state index in [0.29, 0.717) is 63.9 Å². The van der Waals surface area contributed by atoms with Crippen molar-refractivity contribution in [1.29, 1.82) is 0 Å². The molecule has 0 aliphatic carbocycles. The number of carbonyl (C=O) groups excluding carboxylic acids is 3. The molecular weight excluding hydrogens is 820 g/mol. The molecule has 0 spiro atoms. The highest BCUT2D eigenvalue weighted by atomic mass is 35.5. The summed E-state index contributed by atoms with van der Waals surface area (Å²) in [5, 5.41) is 17.3. The molecule has 8 nitrogen and oxygen atoms in total. The number of nitrogens with zero attached hydrogens (tertiary/aromatic N) is 1. The molecule has 312 valence electrons. The van der Waals surface area contributed by atoms with E-state index in [2.05, 4.69) is 25.7 Å². The number of benzene rings is 5. The number of esters is 2. The summed E-state index contributed by atoms with van der Waals surface area (Å²) in [6.45, 7) is 15.9. The van der Waals surface area contributed by atoms with Gasteiger partial charge in [0.25, 0.3) is 5.24 Å². The Labute approximate surface area is 364 Å². The van der Waals surface area contributed by atoms with E-state index in [1.165, 1.54) is 37.8 Å². The van der Waals surface area contributed by atoms with Crippen LogP contribution in [0.3, 0.4) is 0 Å². The molecule has 5 aromatic rings. The summed E-state index contributed by atoms with van der Waals surface area (Å²) < 4.78 is 17.1. The van der Waals surface area contributed by atoms with Crippen LogP contribution in [0.25, 0.3) is 0 Å². The third-order valence-corrected chi connectivity index (χ3v) is 9.25. The maximum Gasteiger partial charge on any atom is 0.343 e. The molecule has 2 N–H and O–H groups in total. The molecular formula is C46H53Cl4NO7. The van der Waals surface area contributed by atoms with Crippen LogP contribution in [0.4, 0.5) is 0 Å². The lowest BCUT2D eigenvalue weighted by Crippen LogP contribution is -2.21. The van der Waals surface area contributed by atoms with Gasteiger partial charge in [0.2, 0.25) is 0 Å². The Bertz CT molecular complexity index is 1990. The highest BCUT2D eigenvalue weighted by Gasteiger charge is 2.13. The van der Waals surface area contributed by atoms with Crippen LogP contribution >= 0.6 is 46.4 Å². The number of phenols is 2. The van der Waals surface area contributed by atoms with Gasteiger partial charge in [0.15, 0.2) is 0 Å². The third-order valence-electron chi connectivity index (χ3n) is 8.10. The van der Waals surface area contributed by atoms with Gasteiger partial charge in [0.1, 0.15) is 23.0 Å². The molecule has 12 heteroatoms. The average molecular weight is 875 g/mol. The molecule has 0 atom stereocenters. The lowest BCUT2D eigenvalue weighted by molar-refractivity contribution is 0.0718. The van der Waals surface area contributed by atoms with E-state index in [1.54, 1.807) is 112 Å². The van der Waals surface area contributed by atoms with Crippen LogP contribution in [0.15, 0.2) is 109 Å². The van der Waals surface area contributed by atoms with Gasteiger partial charge < -0.3 is 24.6 Å². The Morgan fingerprint density at radius 3 is 1.34 bits per heavy atom. The van der Waals surface area contributed by atoms with E-state index >= 15 is 0 Å². The molecule has 0 fully saturated rings. The van der Waals surface area contributed by atoms with E-state index in [1.807, 2.05) is 0 Å². The summed E-state index contributed by atoms with van der Waals surface area (Å²) in [7, 11) is 0. The molecule has 0 radical (unpaired) electrons. The van der Waals surface area contributed by atoms with Crippen molar-refractivity contribution in [3.05, 3.63) is 154 Å². The molecule has 0 saturated carbocycles. The van der Waals surface area contributed by atoms with Gasteiger partial charge in [-0.3, -0.25) is 4.79 Å². The molecule has 0 unspecified atom stereocenters. The molecule has 0 saturated heterocycles. The van der Waals surface area contributed by atoms with Gasteiger partial charge in [-0.25, -0.2) is 9.59 Å². The predicted octanol–water partition coefficient (Wildman–Crippen LogP) is 12.5. The Morgan fingerprint density at radius 1 is 0.603 bits per heavy atom. The van der Waals surface area contributed by atoms with Crippen molar-refractivity contribution in [2.45, 2.75) is 66.1 Å². The SMILES string of the molecule is CCN(CC)CC.Cc1cc(O)ccc1O.Cc1cc(OC(=O)c2ccc(CCl)cc2)ccc1OC(=O)c1ccc(CCl)cc1.O=C(Cl)c1ccc(CCl)cc1.[2H]CC. The van der Waals surface area contributed by atoms with Crippen LogP contribution in [0.5, 0.6) is 23.0 Å². The van der Waals surface area contributed by atoms with Crippen molar-refractivity contribution < 1.29 is 35.4 Å². The standard InChI is InChI=1S/C23H18Cl2O4.C8H6Cl2O.C7H8O2.C6H15N.C2H6/c1-15-12-20(28-22(26)18-6-2-16(13-24)3-7-18)10-11-21(15)29-23(27)19-8-4-17(14-25)5-9-19;9-5-6-1-3-7(4-2-6)8(10)11;1-5-4-6(8)2-3-7(5)9;1-4-7(5-2)6-3;1-2/h2-12H,13-14H2,1H3;1-4H,5H2;2-4,8-9H,1H3;4-6H2,1-3H3;1-2H3/i;;;;1D. The maximum atomic E-state index is 12.3. The second-order valence-electron chi connectivity index (χ2n) is 12.1. The fourth-order valence-corrected chi connectivity index (χ4v) is 5.28. The van der Waals surface area contributed by atoms with E-state index in [-0.39, 0.29) is 11.5 Å². The third kappa shape index (κ3) is 18.8. The minimum absolute atomic E-state index is 0.185. The molecule has 0 heterocycles. The fraction of sp³-hybridized carbons (Fsp3) is 0.283. The Morgan fingerprint density at radius 2 is 1.02 bits per heavy atom. The normalized spacial score (nSPS) is 10.1. The van der Waals surface area contributed by atoms with Gasteiger partial charge in [0, 0.05) is 24.6 Å². The Kier molecular flexibility index (Phi) is 24.6. The molecule has 0 aliphatic rings. The van der Waals surface area contributed by atoms with Gasteiger partial charge in [-0.15, -0.1) is 34.8 Å². The van der Waals surface area contributed by atoms with Gasteiger partial charge in [0.05, 0.1) is 11.1 Å². The summed E-state index contributed by atoms with van der Waals surface area (Å²) >= 11 is 22.3. The highest BCUT2D eigenvalue weighted by Crippen LogP contribution is 2.25.